The van der Waals surface area contributed by atoms with Gasteiger partial charge in [0, 0.05) is 11.3 Å². The highest BCUT2D eigenvalue weighted by atomic mass is 19.1. The fourth-order valence-corrected chi connectivity index (χ4v) is 1.58. The molecule has 2 amide bonds. The molecule has 1 heterocycles. The average molecular weight is 209 g/mol. The van der Waals surface area contributed by atoms with Crippen LogP contribution in [0.2, 0.25) is 0 Å². The zero-order chi connectivity index (χ0) is 11.0. The summed E-state index contributed by atoms with van der Waals surface area (Å²) in [6, 6.07) is 3.77. The summed E-state index contributed by atoms with van der Waals surface area (Å²) in [6.07, 6.45) is 0. The van der Waals surface area contributed by atoms with Crippen molar-refractivity contribution in [2.45, 2.75) is 5.92 Å². The van der Waals surface area contributed by atoms with Crippen LogP contribution < -0.4 is 16.6 Å². The molecule has 15 heavy (non-hydrogen) atoms. The van der Waals surface area contributed by atoms with Gasteiger partial charge < -0.3 is 5.32 Å². The van der Waals surface area contributed by atoms with Crippen molar-refractivity contribution in [3.8, 4) is 0 Å². The third-order valence-electron chi connectivity index (χ3n) is 2.25. The third-order valence-corrected chi connectivity index (χ3v) is 2.25. The molecule has 78 valence electrons. The van der Waals surface area contributed by atoms with Crippen LogP contribution in [0.5, 0.6) is 0 Å². The van der Waals surface area contributed by atoms with Gasteiger partial charge in [-0.2, -0.15) is 0 Å². The first kappa shape index (κ1) is 9.60. The summed E-state index contributed by atoms with van der Waals surface area (Å²) >= 11 is 0. The van der Waals surface area contributed by atoms with Crippen LogP contribution >= 0.6 is 0 Å². The Morgan fingerprint density at radius 3 is 2.93 bits per heavy atom. The molecule has 0 saturated carbocycles. The molecule has 0 bridgehead atoms. The molecule has 6 heteroatoms. The maximum atomic E-state index is 12.9. The second-order valence-electron chi connectivity index (χ2n) is 3.16. The second kappa shape index (κ2) is 3.32. The van der Waals surface area contributed by atoms with Crippen molar-refractivity contribution in [3.05, 3.63) is 29.6 Å². The summed E-state index contributed by atoms with van der Waals surface area (Å²) < 4.78 is 12.9. The number of hydrazine groups is 1. The number of nitrogens with one attached hydrogen (secondary N) is 2. The number of halogens is 1. The molecule has 2 rings (SSSR count). The molecule has 5 nitrogen and oxygen atoms in total. The lowest BCUT2D eigenvalue weighted by atomic mass is 10.00. The van der Waals surface area contributed by atoms with Gasteiger partial charge >= 0.3 is 0 Å². The molecular formula is C9H8FN3O2. The first-order chi connectivity index (χ1) is 7.13. The van der Waals surface area contributed by atoms with E-state index in [0.717, 1.165) is 6.07 Å². The Morgan fingerprint density at radius 1 is 1.53 bits per heavy atom. The summed E-state index contributed by atoms with van der Waals surface area (Å²) in [7, 11) is 0. The van der Waals surface area contributed by atoms with Crippen molar-refractivity contribution in [1.29, 1.82) is 0 Å². The number of fused-ring (bicyclic) bond motifs is 1. The number of nitrogens with two attached hydrogens (primary N) is 1. The summed E-state index contributed by atoms with van der Waals surface area (Å²) in [5.41, 5.74) is 2.62. The molecule has 0 radical (unpaired) electrons. The van der Waals surface area contributed by atoms with Gasteiger partial charge in [-0.25, -0.2) is 10.2 Å². The highest BCUT2D eigenvalue weighted by Crippen LogP contribution is 2.32. The Balaban J connectivity index is 2.48. The molecule has 0 fully saturated rings. The van der Waals surface area contributed by atoms with E-state index in [-0.39, 0.29) is 0 Å². The van der Waals surface area contributed by atoms with Crippen molar-refractivity contribution in [3.63, 3.8) is 0 Å². The van der Waals surface area contributed by atoms with Gasteiger partial charge in [0.2, 0.25) is 5.91 Å². The fourth-order valence-electron chi connectivity index (χ4n) is 1.58. The predicted molar refractivity (Wildman–Crippen MR) is 50.1 cm³/mol. The lowest BCUT2D eigenvalue weighted by Gasteiger charge is -2.05. The smallest absolute Gasteiger partial charge is 0.251 e. The van der Waals surface area contributed by atoms with Crippen LogP contribution in [0.3, 0.4) is 0 Å². The van der Waals surface area contributed by atoms with Gasteiger partial charge in [-0.05, 0) is 18.2 Å². The minimum absolute atomic E-state index is 0.308. The fraction of sp³-hybridized carbons (Fsp3) is 0.111. The molecule has 1 aromatic rings. The van der Waals surface area contributed by atoms with Crippen molar-refractivity contribution in [1.82, 2.24) is 5.43 Å². The van der Waals surface area contributed by atoms with E-state index >= 15 is 0 Å². The lowest BCUT2D eigenvalue weighted by Crippen LogP contribution is -2.37. The Kier molecular flexibility index (Phi) is 2.12. The van der Waals surface area contributed by atoms with Gasteiger partial charge in [-0.1, -0.05) is 0 Å². The summed E-state index contributed by atoms with van der Waals surface area (Å²) in [5.74, 6) is 2.21. The molecule has 1 unspecified atom stereocenters. The highest BCUT2D eigenvalue weighted by molar-refractivity contribution is 6.16. The van der Waals surface area contributed by atoms with Crippen LogP contribution in [0, 0.1) is 5.82 Å². The van der Waals surface area contributed by atoms with E-state index < -0.39 is 23.5 Å². The minimum Gasteiger partial charge on any atom is -0.325 e. The second-order valence-corrected chi connectivity index (χ2v) is 3.16. The normalized spacial score (nSPS) is 18.3. The van der Waals surface area contributed by atoms with Crippen LogP contribution in [-0.4, -0.2) is 11.8 Å². The van der Waals surface area contributed by atoms with Crippen molar-refractivity contribution < 1.29 is 14.0 Å². The Bertz CT molecular complexity index is 439. The van der Waals surface area contributed by atoms with Gasteiger partial charge in [0.05, 0.1) is 0 Å². The number of anilines is 1. The maximum absolute atomic E-state index is 12.9. The number of hydrogen-bond donors (Lipinski definition) is 3. The highest BCUT2D eigenvalue weighted by Gasteiger charge is 2.36. The first-order valence-electron chi connectivity index (χ1n) is 4.24. The first-order valence-corrected chi connectivity index (χ1v) is 4.24. The molecule has 1 aliphatic rings. The quantitative estimate of drug-likeness (QED) is 0.260. The number of carbonyl (C=O) groups excluding carboxylic acids is 2. The van der Waals surface area contributed by atoms with Crippen molar-refractivity contribution >= 4 is 17.5 Å². The molecule has 0 spiro atoms. The SMILES string of the molecule is NNC(=O)C1C(=O)Nc2ccc(F)cc21. The summed E-state index contributed by atoms with van der Waals surface area (Å²) in [6.45, 7) is 0. The Labute approximate surface area is 84.4 Å². The van der Waals surface area contributed by atoms with Crippen molar-refractivity contribution in [2.24, 2.45) is 5.84 Å². The molecule has 1 aromatic carbocycles. The zero-order valence-electron chi connectivity index (χ0n) is 7.58. The average Bonchev–Trinajstić information content (AvgIpc) is 2.52. The topological polar surface area (TPSA) is 84.2 Å². The monoisotopic (exact) mass is 209 g/mol. The molecule has 1 atom stereocenters. The van der Waals surface area contributed by atoms with Crippen LogP contribution in [0.25, 0.3) is 0 Å². The largest absolute Gasteiger partial charge is 0.325 e. The molecule has 1 aliphatic heterocycles. The molecule has 4 N–H and O–H groups in total. The Hall–Kier alpha value is -1.95. The van der Waals surface area contributed by atoms with Crippen LogP contribution in [-0.2, 0) is 9.59 Å². The standard InChI is InChI=1S/C9H8FN3O2/c10-4-1-2-6-5(3-4)7(8(14)12-6)9(15)13-11/h1-3,7H,11H2,(H,12,14)(H,13,15). The lowest BCUT2D eigenvalue weighted by molar-refractivity contribution is -0.128. The van der Waals surface area contributed by atoms with Gasteiger partial charge in [0.1, 0.15) is 11.7 Å². The third kappa shape index (κ3) is 1.44. The number of rotatable bonds is 1. The van der Waals surface area contributed by atoms with E-state index in [1.807, 2.05) is 5.43 Å². The van der Waals surface area contributed by atoms with E-state index in [2.05, 4.69) is 5.32 Å². The molecular weight excluding hydrogens is 201 g/mol. The van der Waals surface area contributed by atoms with E-state index in [9.17, 15) is 14.0 Å². The molecule has 0 saturated heterocycles. The van der Waals surface area contributed by atoms with Gasteiger partial charge in [-0.3, -0.25) is 15.0 Å². The van der Waals surface area contributed by atoms with E-state index in [1.165, 1.54) is 12.1 Å². The number of carbonyl (C=O) groups is 2. The zero-order valence-corrected chi connectivity index (χ0v) is 7.58. The van der Waals surface area contributed by atoms with Crippen LogP contribution in [0.15, 0.2) is 18.2 Å². The minimum atomic E-state index is -1.07. The number of amides is 2. The Morgan fingerprint density at radius 2 is 2.27 bits per heavy atom. The van der Waals surface area contributed by atoms with Gasteiger partial charge in [0.15, 0.2) is 0 Å². The predicted octanol–water partition coefficient (Wildman–Crippen LogP) is -0.149. The van der Waals surface area contributed by atoms with E-state index in [4.69, 9.17) is 5.84 Å². The number of hydrogen-bond acceptors (Lipinski definition) is 3. The van der Waals surface area contributed by atoms with Gasteiger partial charge in [-0.15, -0.1) is 0 Å². The molecule has 0 aromatic heterocycles. The van der Waals surface area contributed by atoms with Crippen molar-refractivity contribution in [2.75, 3.05) is 5.32 Å². The number of benzene rings is 1. The van der Waals surface area contributed by atoms with E-state index in [0.29, 0.717) is 11.3 Å². The molecule has 0 aliphatic carbocycles. The van der Waals surface area contributed by atoms with Crippen LogP contribution in [0.4, 0.5) is 10.1 Å². The van der Waals surface area contributed by atoms with Gasteiger partial charge in [0.25, 0.3) is 5.91 Å². The van der Waals surface area contributed by atoms with E-state index in [1.54, 1.807) is 0 Å². The van der Waals surface area contributed by atoms with Crippen LogP contribution in [0.1, 0.15) is 11.5 Å². The summed E-state index contributed by atoms with van der Waals surface area (Å²) in [4.78, 5) is 22.7. The summed E-state index contributed by atoms with van der Waals surface area (Å²) in [5, 5.41) is 2.47. The maximum Gasteiger partial charge on any atom is 0.251 e.